The Labute approximate surface area is 117 Å². The quantitative estimate of drug-likeness (QED) is 0.835. The van der Waals surface area contributed by atoms with E-state index < -0.39 is 33.9 Å². The third-order valence-electron chi connectivity index (χ3n) is 3.00. The first-order valence-corrected chi connectivity index (χ1v) is 5.73. The number of aromatic amines is 1. The van der Waals surface area contributed by atoms with E-state index in [4.69, 9.17) is 16.3 Å². The molecule has 0 spiro atoms. The summed E-state index contributed by atoms with van der Waals surface area (Å²) in [5, 5.41) is 18.2. The van der Waals surface area contributed by atoms with Gasteiger partial charge in [0.05, 0.1) is 5.56 Å². The molecule has 0 saturated heterocycles. The third-order valence-corrected chi connectivity index (χ3v) is 3.00. The molecule has 0 aliphatic rings. The summed E-state index contributed by atoms with van der Waals surface area (Å²) >= 11 is 0. The number of nitriles is 2. The van der Waals surface area contributed by atoms with Crippen LogP contribution in [0.2, 0.25) is 0 Å². The number of benzene rings is 1. The maximum Gasteiger partial charge on any atom is 0.268 e. The van der Waals surface area contributed by atoms with E-state index in [1.165, 1.54) is 13.0 Å². The fourth-order valence-corrected chi connectivity index (χ4v) is 1.98. The van der Waals surface area contributed by atoms with Crippen molar-refractivity contribution in [3.05, 3.63) is 50.8 Å². The van der Waals surface area contributed by atoms with Gasteiger partial charge in [-0.05, 0) is 18.6 Å². The number of aryl methyl sites for hydroxylation is 1. The summed E-state index contributed by atoms with van der Waals surface area (Å²) in [6.45, 7) is 1.40. The van der Waals surface area contributed by atoms with Crippen LogP contribution < -0.4 is 11.3 Å². The first-order chi connectivity index (χ1) is 9.92. The van der Waals surface area contributed by atoms with Gasteiger partial charge in [0.25, 0.3) is 5.56 Å². The van der Waals surface area contributed by atoms with Crippen molar-refractivity contribution in [1.29, 1.82) is 10.5 Å². The number of nitrogen functional groups attached to an aromatic ring is 1. The largest absolute Gasteiger partial charge is 0.384 e. The monoisotopic (exact) mass is 286 g/mol. The van der Waals surface area contributed by atoms with Crippen LogP contribution in [0.1, 0.15) is 16.7 Å². The number of nitrogens with two attached hydrogens (primary N) is 1. The minimum absolute atomic E-state index is 0.109. The van der Waals surface area contributed by atoms with Crippen molar-refractivity contribution in [1.82, 2.24) is 4.98 Å². The molecule has 104 valence electrons. The molecule has 5 nitrogen and oxygen atoms in total. The van der Waals surface area contributed by atoms with Crippen molar-refractivity contribution in [2.45, 2.75) is 6.92 Å². The van der Waals surface area contributed by atoms with Gasteiger partial charge >= 0.3 is 0 Å². The predicted octanol–water partition coefficient (Wildman–Crippen LogP) is 1.95. The van der Waals surface area contributed by atoms with Gasteiger partial charge < -0.3 is 10.7 Å². The molecule has 0 atom stereocenters. The highest BCUT2D eigenvalue weighted by Crippen LogP contribution is 2.33. The average Bonchev–Trinajstić information content (AvgIpc) is 2.43. The Kier molecular flexibility index (Phi) is 3.43. The Morgan fingerprint density at radius 1 is 1.14 bits per heavy atom. The molecule has 0 bridgehead atoms. The molecule has 1 aromatic heterocycles. The molecule has 21 heavy (non-hydrogen) atoms. The highest BCUT2D eigenvalue weighted by Gasteiger charge is 2.24. The second-order valence-corrected chi connectivity index (χ2v) is 4.27. The van der Waals surface area contributed by atoms with Crippen LogP contribution in [0.15, 0.2) is 16.9 Å². The lowest BCUT2D eigenvalue weighted by atomic mass is 9.94. The number of halogens is 2. The first-order valence-electron chi connectivity index (χ1n) is 5.73. The molecule has 0 amide bonds. The van der Waals surface area contributed by atoms with Crippen LogP contribution in [-0.4, -0.2) is 4.98 Å². The summed E-state index contributed by atoms with van der Waals surface area (Å²) < 4.78 is 28.2. The molecular weight excluding hydrogens is 278 g/mol. The zero-order chi connectivity index (χ0) is 15.7. The third kappa shape index (κ3) is 2.11. The zero-order valence-electron chi connectivity index (χ0n) is 10.8. The summed E-state index contributed by atoms with van der Waals surface area (Å²) in [7, 11) is 0. The fourth-order valence-electron chi connectivity index (χ4n) is 1.98. The number of nitrogens with zero attached hydrogens (tertiary/aromatic N) is 2. The van der Waals surface area contributed by atoms with Gasteiger partial charge in [0.15, 0.2) is 0 Å². The minimum atomic E-state index is -0.990. The van der Waals surface area contributed by atoms with Crippen molar-refractivity contribution in [3.63, 3.8) is 0 Å². The van der Waals surface area contributed by atoms with Crippen LogP contribution >= 0.6 is 0 Å². The maximum absolute atomic E-state index is 14.2. The molecule has 2 rings (SSSR count). The van der Waals surface area contributed by atoms with Crippen LogP contribution in [0, 0.1) is 41.2 Å². The molecule has 0 fully saturated rings. The van der Waals surface area contributed by atoms with E-state index in [2.05, 4.69) is 4.98 Å². The Hall–Kier alpha value is -3.19. The standard InChI is InChI=1S/C14H8F2N4O/c1-6-2-3-9(15)11(12(6)16)10-7(4-17)13(19)20-14(21)8(10)5-18/h2-3H,1H3,(H3,19,20,21). The molecule has 1 aromatic carbocycles. The van der Waals surface area contributed by atoms with Gasteiger partial charge in [0.1, 0.15) is 40.7 Å². The van der Waals surface area contributed by atoms with E-state index in [1.807, 2.05) is 0 Å². The Bertz CT molecular complexity index is 888. The number of aromatic nitrogens is 1. The Balaban J connectivity index is 3.09. The lowest BCUT2D eigenvalue weighted by Gasteiger charge is -2.11. The van der Waals surface area contributed by atoms with Crippen LogP contribution in [0.5, 0.6) is 0 Å². The second-order valence-electron chi connectivity index (χ2n) is 4.27. The molecule has 2 aromatic rings. The summed E-state index contributed by atoms with van der Waals surface area (Å²) in [6.07, 6.45) is 0. The van der Waals surface area contributed by atoms with Crippen molar-refractivity contribution >= 4 is 5.82 Å². The molecule has 0 aliphatic heterocycles. The lowest BCUT2D eigenvalue weighted by Crippen LogP contribution is -2.17. The fraction of sp³-hybridized carbons (Fsp3) is 0.0714. The van der Waals surface area contributed by atoms with E-state index in [0.29, 0.717) is 0 Å². The number of pyridine rings is 1. The van der Waals surface area contributed by atoms with Crippen molar-refractivity contribution < 1.29 is 8.78 Å². The zero-order valence-corrected chi connectivity index (χ0v) is 10.8. The highest BCUT2D eigenvalue weighted by atomic mass is 19.1. The summed E-state index contributed by atoms with van der Waals surface area (Å²) in [5.74, 6) is -2.29. The van der Waals surface area contributed by atoms with Crippen molar-refractivity contribution in [2.24, 2.45) is 0 Å². The summed E-state index contributed by atoms with van der Waals surface area (Å²) in [5.41, 5.74) is 2.74. The number of anilines is 1. The summed E-state index contributed by atoms with van der Waals surface area (Å²) in [6, 6.07) is 5.42. The van der Waals surface area contributed by atoms with Gasteiger partial charge in [-0.2, -0.15) is 10.5 Å². The molecular formula is C14H8F2N4O. The number of nitrogens with one attached hydrogen (secondary N) is 1. The van der Waals surface area contributed by atoms with E-state index in [0.717, 1.165) is 6.07 Å². The lowest BCUT2D eigenvalue weighted by molar-refractivity contribution is 0.583. The molecule has 1 heterocycles. The molecule has 0 unspecified atom stereocenters. The van der Waals surface area contributed by atoms with Gasteiger partial charge in [-0.25, -0.2) is 8.78 Å². The SMILES string of the molecule is Cc1ccc(F)c(-c2c(C#N)c(N)[nH]c(=O)c2C#N)c1F. The average molecular weight is 286 g/mol. The van der Waals surface area contributed by atoms with Gasteiger partial charge in [-0.15, -0.1) is 0 Å². The molecule has 0 saturated carbocycles. The molecule has 0 radical (unpaired) electrons. The van der Waals surface area contributed by atoms with Crippen LogP contribution in [0.4, 0.5) is 14.6 Å². The molecule has 3 N–H and O–H groups in total. The highest BCUT2D eigenvalue weighted by molar-refractivity contribution is 5.81. The van der Waals surface area contributed by atoms with E-state index >= 15 is 0 Å². The number of H-pyrrole nitrogens is 1. The maximum atomic E-state index is 14.2. The van der Waals surface area contributed by atoms with Crippen LogP contribution in [-0.2, 0) is 0 Å². The van der Waals surface area contributed by atoms with Gasteiger partial charge in [0, 0.05) is 5.56 Å². The topological polar surface area (TPSA) is 106 Å². The van der Waals surface area contributed by atoms with Crippen LogP contribution in [0.3, 0.4) is 0 Å². The Morgan fingerprint density at radius 2 is 1.76 bits per heavy atom. The second kappa shape index (κ2) is 5.06. The number of rotatable bonds is 1. The normalized spacial score (nSPS) is 9.95. The van der Waals surface area contributed by atoms with E-state index in [1.54, 1.807) is 12.1 Å². The minimum Gasteiger partial charge on any atom is -0.384 e. The van der Waals surface area contributed by atoms with Gasteiger partial charge in [0.2, 0.25) is 0 Å². The Morgan fingerprint density at radius 3 is 2.33 bits per heavy atom. The van der Waals surface area contributed by atoms with Gasteiger partial charge in [-0.1, -0.05) is 6.07 Å². The van der Waals surface area contributed by atoms with Crippen LogP contribution in [0.25, 0.3) is 11.1 Å². The van der Waals surface area contributed by atoms with Crippen molar-refractivity contribution in [2.75, 3.05) is 5.73 Å². The molecule has 0 aliphatic carbocycles. The number of hydrogen-bond donors (Lipinski definition) is 2. The van der Waals surface area contributed by atoms with E-state index in [9.17, 15) is 13.6 Å². The smallest absolute Gasteiger partial charge is 0.268 e. The first kappa shape index (κ1) is 14.2. The van der Waals surface area contributed by atoms with Crippen molar-refractivity contribution in [3.8, 4) is 23.3 Å². The summed E-state index contributed by atoms with van der Waals surface area (Å²) in [4.78, 5) is 13.8. The molecule has 7 heteroatoms. The van der Waals surface area contributed by atoms with E-state index in [-0.39, 0.29) is 16.9 Å². The predicted molar refractivity (Wildman–Crippen MR) is 71.0 cm³/mol. The number of hydrogen-bond acceptors (Lipinski definition) is 4. The van der Waals surface area contributed by atoms with Gasteiger partial charge in [-0.3, -0.25) is 4.79 Å².